The summed E-state index contributed by atoms with van der Waals surface area (Å²) in [6.45, 7) is 8.95. The maximum absolute atomic E-state index is 9.20. The molecule has 0 bridgehead atoms. The number of rotatable bonds is 4. The van der Waals surface area contributed by atoms with E-state index in [0.29, 0.717) is 10.8 Å². The van der Waals surface area contributed by atoms with E-state index in [0.717, 1.165) is 4.88 Å². The van der Waals surface area contributed by atoms with E-state index in [2.05, 4.69) is 21.7 Å². The lowest BCUT2D eigenvalue weighted by Crippen LogP contribution is -2.46. The Balaban J connectivity index is 3.02. The summed E-state index contributed by atoms with van der Waals surface area (Å²) >= 11 is 1.43. The molecule has 0 fully saturated rings. The minimum Gasteiger partial charge on any atom is -0.494 e. The van der Waals surface area contributed by atoms with Gasteiger partial charge in [0.1, 0.15) is 0 Å². The quantitative estimate of drug-likeness (QED) is 0.292. The molecule has 0 aromatic carbocycles. The van der Waals surface area contributed by atoms with Crippen molar-refractivity contribution in [1.82, 2.24) is 9.88 Å². The molecule has 0 atom stereocenters. The van der Waals surface area contributed by atoms with Crippen molar-refractivity contribution in [3.05, 3.63) is 28.5 Å². The van der Waals surface area contributed by atoms with Crippen LogP contribution in [0.5, 0.6) is 0 Å². The van der Waals surface area contributed by atoms with Gasteiger partial charge >= 0.3 is 0 Å². The second-order valence-electron chi connectivity index (χ2n) is 4.59. The molecule has 0 saturated heterocycles. The van der Waals surface area contributed by atoms with Crippen LogP contribution in [0.2, 0.25) is 0 Å². The third kappa shape index (κ3) is 3.78. The van der Waals surface area contributed by atoms with E-state index in [1.54, 1.807) is 18.1 Å². The molecule has 0 unspecified atom stereocenters. The maximum atomic E-state index is 9.20. The zero-order valence-electron chi connectivity index (χ0n) is 11.5. The molecule has 1 heterocycles. The molecule has 7 heteroatoms. The van der Waals surface area contributed by atoms with E-state index >= 15 is 0 Å². The van der Waals surface area contributed by atoms with E-state index in [9.17, 15) is 5.21 Å². The fraction of sp³-hybridized carbons (Fsp3) is 0.417. The van der Waals surface area contributed by atoms with Gasteiger partial charge in [0.25, 0.3) is 0 Å². The second-order valence-corrected chi connectivity index (χ2v) is 5.82. The Kier molecular flexibility index (Phi) is 4.66. The summed E-state index contributed by atoms with van der Waals surface area (Å²) in [5.41, 5.74) is -0.577. The van der Waals surface area contributed by atoms with Crippen LogP contribution in [0, 0.1) is 6.92 Å². The third-order valence-electron chi connectivity index (χ3n) is 2.62. The van der Waals surface area contributed by atoms with Crippen molar-refractivity contribution in [3.63, 3.8) is 0 Å². The van der Waals surface area contributed by atoms with Crippen molar-refractivity contribution in [2.45, 2.75) is 26.3 Å². The summed E-state index contributed by atoms with van der Waals surface area (Å²) in [5, 5.41) is 22.1. The van der Waals surface area contributed by atoms with Crippen LogP contribution >= 0.6 is 11.3 Å². The van der Waals surface area contributed by atoms with Crippen LogP contribution in [-0.4, -0.2) is 44.8 Å². The number of aliphatic imine (C=N–C) groups is 1. The number of aromatic nitrogens is 1. The SMILES string of the molecule is C=C(O)/N=C\C(C)(C)N(C)/C(=N\O)c1ncc(C)s1. The maximum Gasteiger partial charge on any atom is 0.204 e. The van der Waals surface area contributed by atoms with Crippen molar-refractivity contribution >= 4 is 23.4 Å². The molecule has 104 valence electrons. The van der Waals surface area contributed by atoms with Crippen molar-refractivity contribution in [2.24, 2.45) is 10.1 Å². The smallest absolute Gasteiger partial charge is 0.204 e. The first-order valence-corrected chi connectivity index (χ1v) is 6.41. The minimum absolute atomic E-state index is 0.269. The zero-order valence-corrected chi connectivity index (χ0v) is 12.3. The number of aryl methyl sites for hydroxylation is 1. The van der Waals surface area contributed by atoms with Gasteiger partial charge in [0, 0.05) is 24.3 Å². The second kappa shape index (κ2) is 5.83. The number of hydrogen-bond donors (Lipinski definition) is 2. The van der Waals surface area contributed by atoms with E-state index in [-0.39, 0.29) is 5.88 Å². The number of hydrogen-bond acceptors (Lipinski definition) is 6. The lowest BCUT2D eigenvalue weighted by molar-refractivity contribution is 0.286. The lowest BCUT2D eigenvalue weighted by Gasteiger charge is -2.33. The molecule has 0 radical (unpaired) electrons. The number of aliphatic hydroxyl groups excluding tert-OH is 1. The van der Waals surface area contributed by atoms with Crippen LogP contribution in [0.1, 0.15) is 23.7 Å². The molecule has 6 nitrogen and oxygen atoms in total. The van der Waals surface area contributed by atoms with Gasteiger partial charge in [-0.25, -0.2) is 9.98 Å². The molecule has 1 aromatic rings. The molecule has 2 N–H and O–H groups in total. The monoisotopic (exact) mass is 282 g/mol. The van der Waals surface area contributed by atoms with Crippen molar-refractivity contribution in [3.8, 4) is 0 Å². The van der Waals surface area contributed by atoms with Gasteiger partial charge < -0.3 is 15.2 Å². The number of aliphatic hydroxyl groups is 1. The van der Waals surface area contributed by atoms with Gasteiger partial charge in [-0.15, -0.1) is 11.3 Å². The Hall–Kier alpha value is -1.89. The van der Waals surface area contributed by atoms with Gasteiger partial charge in [0.15, 0.2) is 5.01 Å². The summed E-state index contributed by atoms with van der Waals surface area (Å²) in [7, 11) is 1.76. The van der Waals surface area contributed by atoms with E-state index < -0.39 is 5.54 Å². The van der Waals surface area contributed by atoms with Crippen LogP contribution in [-0.2, 0) is 0 Å². The standard InChI is InChI=1S/C12H18N4O2S/c1-8-6-13-11(19-8)10(15-18)16(5)12(3,4)7-14-9(2)17/h6-7,17-18H,2H2,1,3-5H3/b14-7-,15-10-. The number of nitrogens with zero attached hydrogens (tertiary/aromatic N) is 4. The average molecular weight is 282 g/mol. The fourth-order valence-electron chi connectivity index (χ4n) is 1.30. The topological polar surface area (TPSA) is 81.3 Å². The molecule has 0 amide bonds. The van der Waals surface area contributed by atoms with Gasteiger partial charge in [-0.05, 0) is 27.4 Å². The fourth-order valence-corrected chi connectivity index (χ4v) is 2.09. The van der Waals surface area contributed by atoms with Crippen LogP contribution in [0.25, 0.3) is 0 Å². The van der Waals surface area contributed by atoms with Crippen LogP contribution in [0.4, 0.5) is 0 Å². The summed E-state index contributed by atoms with van der Waals surface area (Å²) < 4.78 is 0. The summed E-state index contributed by atoms with van der Waals surface area (Å²) in [6.07, 6.45) is 3.25. The highest BCUT2D eigenvalue weighted by Crippen LogP contribution is 2.19. The average Bonchev–Trinajstić information content (AvgIpc) is 2.74. The highest BCUT2D eigenvalue weighted by Gasteiger charge is 2.27. The Labute approximate surface area is 116 Å². The summed E-state index contributed by atoms with van der Waals surface area (Å²) in [6, 6.07) is 0. The van der Waals surface area contributed by atoms with Crippen LogP contribution in [0.3, 0.4) is 0 Å². The Bertz CT molecular complexity index is 520. The zero-order chi connectivity index (χ0) is 14.6. The van der Waals surface area contributed by atoms with E-state index in [4.69, 9.17) is 5.11 Å². The number of oxime groups is 1. The predicted molar refractivity (Wildman–Crippen MR) is 77.3 cm³/mol. The highest BCUT2D eigenvalue weighted by atomic mass is 32.1. The first-order chi connectivity index (χ1) is 8.77. The largest absolute Gasteiger partial charge is 0.494 e. The lowest BCUT2D eigenvalue weighted by atomic mass is 10.1. The highest BCUT2D eigenvalue weighted by molar-refractivity contribution is 7.13. The van der Waals surface area contributed by atoms with Gasteiger partial charge in [-0.3, -0.25) is 0 Å². The van der Waals surface area contributed by atoms with Crippen molar-refractivity contribution in [1.29, 1.82) is 0 Å². The van der Waals surface area contributed by atoms with Crippen LogP contribution in [0.15, 0.2) is 28.8 Å². The Morgan fingerprint density at radius 3 is 2.63 bits per heavy atom. The molecular weight excluding hydrogens is 264 g/mol. The molecule has 0 saturated carbocycles. The van der Waals surface area contributed by atoms with Gasteiger partial charge in [-0.1, -0.05) is 5.16 Å². The van der Waals surface area contributed by atoms with Gasteiger partial charge in [0.05, 0.1) is 5.54 Å². The van der Waals surface area contributed by atoms with Crippen LogP contribution < -0.4 is 0 Å². The first-order valence-electron chi connectivity index (χ1n) is 5.59. The molecule has 0 aliphatic rings. The molecule has 0 spiro atoms. The molecule has 0 aliphatic carbocycles. The summed E-state index contributed by atoms with van der Waals surface area (Å²) in [4.78, 5) is 10.7. The third-order valence-corrected chi connectivity index (χ3v) is 3.53. The molecule has 1 rings (SSSR count). The number of thiazole rings is 1. The Morgan fingerprint density at radius 1 is 1.58 bits per heavy atom. The van der Waals surface area contributed by atoms with E-state index in [1.807, 2.05) is 20.8 Å². The predicted octanol–water partition coefficient (Wildman–Crippen LogP) is 2.40. The van der Waals surface area contributed by atoms with Gasteiger partial charge in [-0.2, -0.15) is 0 Å². The minimum atomic E-state index is -0.577. The van der Waals surface area contributed by atoms with Crippen molar-refractivity contribution < 1.29 is 10.3 Å². The van der Waals surface area contributed by atoms with Crippen molar-refractivity contribution in [2.75, 3.05) is 7.05 Å². The first kappa shape index (κ1) is 15.2. The normalized spacial score (nSPS) is 12.9. The van der Waals surface area contributed by atoms with E-state index in [1.165, 1.54) is 17.6 Å². The molecule has 0 aliphatic heterocycles. The number of amidine groups is 1. The Morgan fingerprint density at radius 2 is 2.21 bits per heavy atom. The van der Waals surface area contributed by atoms with Gasteiger partial charge in [0.2, 0.25) is 11.7 Å². The molecular formula is C12H18N4O2S. The molecule has 19 heavy (non-hydrogen) atoms. The molecule has 1 aromatic heterocycles. The summed E-state index contributed by atoms with van der Waals surface area (Å²) in [5.74, 6) is 0.0761.